The molecule has 1 aliphatic rings. The third-order valence-corrected chi connectivity index (χ3v) is 6.32. The number of hydrogen-bond donors (Lipinski definition) is 1. The summed E-state index contributed by atoms with van der Waals surface area (Å²) in [5.41, 5.74) is 1.56. The maximum absolute atomic E-state index is 13.9. The maximum atomic E-state index is 13.9. The van der Waals surface area contributed by atoms with Gasteiger partial charge in [-0.15, -0.1) is 11.3 Å². The zero-order valence-corrected chi connectivity index (χ0v) is 13.0. The Morgan fingerprint density at radius 2 is 2.19 bits per heavy atom. The van der Waals surface area contributed by atoms with Gasteiger partial charge in [-0.1, -0.05) is 12.1 Å². The predicted octanol–water partition coefficient (Wildman–Crippen LogP) is 2.83. The monoisotopic (exact) mass is 325 g/mol. The Hall–Kier alpha value is -1.24. The lowest BCUT2D eigenvalue weighted by Gasteiger charge is -2.11. The molecule has 2 aromatic rings. The minimum Gasteiger partial charge on any atom is -0.309 e. The quantitative estimate of drug-likeness (QED) is 0.940. The highest BCUT2D eigenvalue weighted by atomic mass is 32.2. The van der Waals surface area contributed by atoms with Crippen LogP contribution in [0.5, 0.6) is 0 Å². The van der Waals surface area contributed by atoms with Crippen molar-refractivity contribution in [2.45, 2.75) is 19.0 Å². The highest BCUT2D eigenvalue weighted by Gasteiger charge is 2.27. The van der Waals surface area contributed by atoms with E-state index in [1.54, 1.807) is 6.07 Å². The molecule has 0 aliphatic carbocycles. The minimum atomic E-state index is -2.87. The Morgan fingerprint density at radius 3 is 2.86 bits per heavy atom. The van der Waals surface area contributed by atoms with Gasteiger partial charge in [0, 0.05) is 23.0 Å². The summed E-state index contributed by atoms with van der Waals surface area (Å²) < 4.78 is 36.7. The maximum Gasteiger partial charge on any atom is 0.151 e. The van der Waals surface area contributed by atoms with Gasteiger partial charge < -0.3 is 5.32 Å². The summed E-state index contributed by atoms with van der Waals surface area (Å²) in [6.07, 6.45) is 0.654. The first-order valence-corrected chi connectivity index (χ1v) is 9.50. The predicted molar refractivity (Wildman–Crippen MR) is 83.6 cm³/mol. The lowest BCUT2D eigenvalue weighted by atomic mass is 10.1. The molecular weight excluding hydrogens is 309 g/mol. The number of sulfone groups is 1. The molecule has 1 atom stereocenters. The zero-order valence-electron chi connectivity index (χ0n) is 11.4. The van der Waals surface area contributed by atoms with E-state index in [9.17, 15) is 12.8 Å². The largest absolute Gasteiger partial charge is 0.309 e. The standard InChI is InChI=1S/C15H16FNO2S2/c16-14-4-3-11(8-13(14)15-2-1-6-20-15)9-17-12-5-7-21(18,19)10-12/h1-4,6,8,12,17H,5,7,9-10H2. The lowest BCUT2D eigenvalue weighted by molar-refractivity contribution is 0.553. The van der Waals surface area contributed by atoms with Crippen molar-refractivity contribution in [1.29, 1.82) is 0 Å². The van der Waals surface area contributed by atoms with Crippen molar-refractivity contribution in [3.05, 3.63) is 47.1 Å². The van der Waals surface area contributed by atoms with Gasteiger partial charge in [-0.2, -0.15) is 0 Å². The first-order valence-electron chi connectivity index (χ1n) is 6.80. The first kappa shape index (κ1) is 14.7. The van der Waals surface area contributed by atoms with Gasteiger partial charge in [0.2, 0.25) is 0 Å². The van der Waals surface area contributed by atoms with E-state index >= 15 is 0 Å². The molecule has 1 fully saturated rings. The normalized spacial score (nSPS) is 20.7. The lowest BCUT2D eigenvalue weighted by Crippen LogP contribution is -2.29. The number of nitrogens with one attached hydrogen (secondary N) is 1. The molecule has 1 aromatic heterocycles. The summed E-state index contributed by atoms with van der Waals surface area (Å²) in [4.78, 5) is 0.901. The molecule has 0 radical (unpaired) electrons. The number of benzene rings is 1. The molecule has 1 saturated heterocycles. The van der Waals surface area contributed by atoms with Crippen LogP contribution in [0.15, 0.2) is 35.7 Å². The molecule has 0 saturated carbocycles. The number of thiophene rings is 1. The highest BCUT2D eigenvalue weighted by Crippen LogP contribution is 2.28. The van der Waals surface area contributed by atoms with Crippen LogP contribution in [0.25, 0.3) is 10.4 Å². The fourth-order valence-corrected chi connectivity index (χ4v) is 4.97. The van der Waals surface area contributed by atoms with Crippen molar-refractivity contribution >= 4 is 21.2 Å². The molecule has 6 heteroatoms. The van der Waals surface area contributed by atoms with E-state index in [0.29, 0.717) is 18.5 Å². The van der Waals surface area contributed by atoms with Crippen molar-refractivity contribution in [3.8, 4) is 10.4 Å². The molecule has 3 nitrogen and oxygen atoms in total. The smallest absolute Gasteiger partial charge is 0.151 e. The zero-order chi connectivity index (χ0) is 14.9. The number of hydrogen-bond acceptors (Lipinski definition) is 4. The second-order valence-electron chi connectivity index (χ2n) is 5.27. The first-order chi connectivity index (χ1) is 10.0. The molecule has 0 amide bonds. The van der Waals surface area contributed by atoms with Crippen molar-refractivity contribution in [2.75, 3.05) is 11.5 Å². The second kappa shape index (κ2) is 5.87. The summed E-state index contributed by atoms with van der Waals surface area (Å²) >= 11 is 1.50. The summed E-state index contributed by atoms with van der Waals surface area (Å²) in [7, 11) is -2.87. The molecule has 1 N–H and O–H groups in total. The van der Waals surface area contributed by atoms with Gasteiger partial charge >= 0.3 is 0 Å². The number of rotatable bonds is 4. The van der Waals surface area contributed by atoms with Crippen LogP contribution >= 0.6 is 11.3 Å². The SMILES string of the molecule is O=S1(=O)CCC(NCc2ccc(F)c(-c3cccs3)c2)C1. The van der Waals surface area contributed by atoms with Crippen molar-refractivity contribution in [2.24, 2.45) is 0 Å². The van der Waals surface area contributed by atoms with Crippen LogP contribution in [0.4, 0.5) is 4.39 Å². The fraction of sp³-hybridized carbons (Fsp3) is 0.333. The third kappa shape index (κ3) is 3.51. The molecule has 0 spiro atoms. The third-order valence-electron chi connectivity index (χ3n) is 3.64. The fourth-order valence-electron chi connectivity index (χ4n) is 2.52. The van der Waals surface area contributed by atoms with E-state index in [2.05, 4.69) is 5.32 Å². The van der Waals surface area contributed by atoms with Gasteiger partial charge in [0.1, 0.15) is 5.82 Å². The highest BCUT2D eigenvalue weighted by molar-refractivity contribution is 7.91. The Kier molecular flexibility index (Phi) is 4.10. The molecule has 1 aromatic carbocycles. The molecule has 1 unspecified atom stereocenters. The van der Waals surface area contributed by atoms with Gasteiger partial charge in [0.15, 0.2) is 9.84 Å². The molecule has 112 valence electrons. The Balaban J connectivity index is 1.71. The second-order valence-corrected chi connectivity index (χ2v) is 8.45. The van der Waals surface area contributed by atoms with E-state index < -0.39 is 9.84 Å². The summed E-state index contributed by atoms with van der Waals surface area (Å²) in [6, 6.07) is 8.83. The van der Waals surface area contributed by atoms with Crippen molar-refractivity contribution in [3.63, 3.8) is 0 Å². The van der Waals surface area contributed by atoms with Crippen LogP contribution in [0.3, 0.4) is 0 Å². The van der Waals surface area contributed by atoms with Crippen LogP contribution in [0.1, 0.15) is 12.0 Å². The van der Waals surface area contributed by atoms with Gasteiger partial charge in [-0.05, 0) is 35.6 Å². The average Bonchev–Trinajstić information content (AvgIpc) is 3.07. The topological polar surface area (TPSA) is 46.2 Å². The molecular formula is C15H16FNO2S2. The minimum absolute atomic E-state index is 0.00485. The van der Waals surface area contributed by atoms with Crippen LogP contribution in [-0.2, 0) is 16.4 Å². The Morgan fingerprint density at radius 1 is 1.33 bits per heavy atom. The summed E-state index contributed by atoms with van der Waals surface area (Å²) in [5.74, 6) is 0.227. The molecule has 2 heterocycles. The molecule has 3 rings (SSSR count). The Bertz CT molecular complexity index is 726. The van der Waals surface area contributed by atoms with Crippen molar-refractivity contribution < 1.29 is 12.8 Å². The van der Waals surface area contributed by atoms with E-state index in [-0.39, 0.29) is 23.4 Å². The van der Waals surface area contributed by atoms with E-state index in [1.165, 1.54) is 17.4 Å². The van der Waals surface area contributed by atoms with Gasteiger partial charge in [0.25, 0.3) is 0 Å². The number of halogens is 1. The van der Waals surface area contributed by atoms with Crippen LogP contribution in [0, 0.1) is 5.82 Å². The van der Waals surface area contributed by atoms with E-state index in [0.717, 1.165) is 10.4 Å². The average molecular weight is 325 g/mol. The van der Waals surface area contributed by atoms with E-state index in [1.807, 2.05) is 23.6 Å². The summed E-state index contributed by atoms with van der Waals surface area (Å²) in [6.45, 7) is 0.554. The van der Waals surface area contributed by atoms with Crippen LogP contribution in [-0.4, -0.2) is 26.0 Å². The van der Waals surface area contributed by atoms with E-state index in [4.69, 9.17) is 0 Å². The van der Waals surface area contributed by atoms with Crippen molar-refractivity contribution in [1.82, 2.24) is 5.32 Å². The van der Waals surface area contributed by atoms with Gasteiger partial charge in [-0.25, -0.2) is 12.8 Å². The van der Waals surface area contributed by atoms with Gasteiger partial charge in [-0.3, -0.25) is 0 Å². The molecule has 21 heavy (non-hydrogen) atoms. The molecule has 1 aliphatic heterocycles. The molecule has 0 bridgehead atoms. The summed E-state index contributed by atoms with van der Waals surface area (Å²) in [5, 5.41) is 5.17. The Labute approximate surface area is 127 Å². The van der Waals surface area contributed by atoms with Crippen LogP contribution < -0.4 is 5.32 Å². The van der Waals surface area contributed by atoms with Crippen LogP contribution in [0.2, 0.25) is 0 Å². The van der Waals surface area contributed by atoms with Gasteiger partial charge in [0.05, 0.1) is 11.5 Å².